The summed E-state index contributed by atoms with van der Waals surface area (Å²) in [7, 11) is 0. The molecule has 2 fully saturated rings. The summed E-state index contributed by atoms with van der Waals surface area (Å²) in [6.45, 7) is 0.291. The molecule has 6 heteroatoms. The SMILES string of the molecule is O=C(NCC1(O)CCCC1)c1n[nH]c(C2CC2)n1. The van der Waals surface area contributed by atoms with Crippen LogP contribution in [0, 0.1) is 0 Å². The average molecular weight is 250 g/mol. The highest BCUT2D eigenvalue weighted by Gasteiger charge is 2.32. The molecule has 3 N–H and O–H groups in total. The Morgan fingerprint density at radius 3 is 2.83 bits per heavy atom. The fourth-order valence-electron chi connectivity index (χ4n) is 2.45. The van der Waals surface area contributed by atoms with Crippen molar-refractivity contribution in [1.29, 1.82) is 0 Å². The first kappa shape index (κ1) is 11.6. The summed E-state index contributed by atoms with van der Waals surface area (Å²) in [5, 5.41) is 19.6. The molecular formula is C12H18N4O2. The minimum Gasteiger partial charge on any atom is -0.388 e. The maximum atomic E-state index is 11.8. The van der Waals surface area contributed by atoms with Gasteiger partial charge in [0.2, 0.25) is 5.82 Å². The van der Waals surface area contributed by atoms with Crippen LogP contribution >= 0.6 is 0 Å². The molecule has 3 rings (SSSR count). The lowest BCUT2D eigenvalue weighted by molar-refractivity contribution is 0.0447. The first-order chi connectivity index (χ1) is 8.66. The van der Waals surface area contributed by atoms with E-state index >= 15 is 0 Å². The molecular weight excluding hydrogens is 232 g/mol. The van der Waals surface area contributed by atoms with Crippen LogP contribution in [0.5, 0.6) is 0 Å². The predicted molar refractivity (Wildman–Crippen MR) is 64.1 cm³/mol. The predicted octanol–water partition coefficient (Wildman–Crippen LogP) is 0.717. The molecule has 0 spiro atoms. The molecule has 1 aromatic rings. The van der Waals surface area contributed by atoms with Crippen molar-refractivity contribution < 1.29 is 9.90 Å². The largest absolute Gasteiger partial charge is 0.388 e. The number of aromatic amines is 1. The fourth-order valence-corrected chi connectivity index (χ4v) is 2.45. The van der Waals surface area contributed by atoms with Gasteiger partial charge in [0.25, 0.3) is 5.91 Å². The van der Waals surface area contributed by atoms with Crippen molar-refractivity contribution in [2.45, 2.75) is 50.0 Å². The zero-order valence-electron chi connectivity index (χ0n) is 10.3. The average Bonchev–Trinajstić information content (AvgIpc) is 2.93. The molecule has 0 atom stereocenters. The Bertz CT molecular complexity index is 447. The molecule has 6 nitrogen and oxygen atoms in total. The van der Waals surface area contributed by atoms with Gasteiger partial charge in [-0.3, -0.25) is 9.89 Å². The number of H-pyrrole nitrogens is 1. The molecule has 2 aliphatic rings. The monoisotopic (exact) mass is 250 g/mol. The van der Waals surface area contributed by atoms with E-state index in [0.29, 0.717) is 12.5 Å². The number of carbonyl (C=O) groups is 1. The lowest BCUT2D eigenvalue weighted by Crippen LogP contribution is -2.41. The number of aromatic nitrogens is 3. The third-order valence-corrected chi connectivity index (χ3v) is 3.78. The zero-order valence-corrected chi connectivity index (χ0v) is 10.3. The Balaban J connectivity index is 1.56. The topological polar surface area (TPSA) is 90.9 Å². The van der Waals surface area contributed by atoms with Crippen molar-refractivity contribution in [3.63, 3.8) is 0 Å². The van der Waals surface area contributed by atoms with Crippen LogP contribution in [0.4, 0.5) is 0 Å². The third kappa shape index (κ3) is 2.38. The van der Waals surface area contributed by atoms with Crippen LogP contribution in [0.1, 0.15) is 60.9 Å². The molecule has 18 heavy (non-hydrogen) atoms. The second-order valence-electron chi connectivity index (χ2n) is 5.43. The van der Waals surface area contributed by atoms with Crippen LogP contribution in [0.3, 0.4) is 0 Å². The lowest BCUT2D eigenvalue weighted by atomic mass is 10.0. The number of nitrogens with zero attached hydrogens (tertiary/aromatic N) is 2. The summed E-state index contributed by atoms with van der Waals surface area (Å²) in [4.78, 5) is 16.0. The van der Waals surface area contributed by atoms with E-state index in [4.69, 9.17) is 0 Å². The van der Waals surface area contributed by atoms with Crippen LogP contribution in [0.2, 0.25) is 0 Å². The van der Waals surface area contributed by atoms with Gasteiger partial charge in [0.05, 0.1) is 5.60 Å². The van der Waals surface area contributed by atoms with Gasteiger partial charge in [-0.25, -0.2) is 4.98 Å². The van der Waals surface area contributed by atoms with E-state index in [2.05, 4.69) is 20.5 Å². The standard InChI is InChI=1S/C12H18N4O2/c17-11(13-7-12(18)5-1-2-6-12)10-14-9(15-16-10)8-3-4-8/h8,18H,1-7H2,(H,13,17)(H,14,15,16). The number of nitrogens with one attached hydrogen (secondary N) is 2. The van der Waals surface area contributed by atoms with Gasteiger partial charge in [0.15, 0.2) is 0 Å². The summed E-state index contributed by atoms with van der Waals surface area (Å²) in [6.07, 6.45) is 5.81. The first-order valence-corrected chi connectivity index (χ1v) is 6.59. The van der Waals surface area contributed by atoms with Crippen LogP contribution in [-0.2, 0) is 0 Å². The highest BCUT2D eigenvalue weighted by molar-refractivity contribution is 5.90. The molecule has 1 aromatic heterocycles. The van der Waals surface area contributed by atoms with Crippen molar-refractivity contribution in [2.75, 3.05) is 6.54 Å². The van der Waals surface area contributed by atoms with Crippen molar-refractivity contribution >= 4 is 5.91 Å². The van der Waals surface area contributed by atoms with Crippen LogP contribution in [0.25, 0.3) is 0 Å². The minimum absolute atomic E-state index is 0.179. The Labute approximate surface area is 105 Å². The molecule has 2 aliphatic carbocycles. The number of carbonyl (C=O) groups excluding carboxylic acids is 1. The minimum atomic E-state index is -0.731. The van der Waals surface area contributed by atoms with Gasteiger partial charge in [0.1, 0.15) is 5.82 Å². The van der Waals surface area contributed by atoms with E-state index < -0.39 is 5.60 Å². The molecule has 0 radical (unpaired) electrons. The van der Waals surface area contributed by atoms with Crippen LogP contribution in [0.15, 0.2) is 0 Å². The molecule has 0 aromatic carbocycles. The fraction of sp³-hybridized carbons (Fsp3) is 0.750. The van der Waals surface area contributed by atoms with Gasteiger partial charge < -0.3 is 10.4 Å². The molecule has 0 aliphatic heterocycles. The van der Waals surface area contributed by atoms with Gasteiger partial charge in [-0.05, 0) is 25.7 Å². The maximum absolute atomic E-state index is 11.8. The van der Waals surface area contributed by atoms with E-state index in [1.165, 1.54) is 0 Å². The van der Waals surface area contributed by atoms with E-state index in [0.717, 1.165) is 44.3 Å². The Morgan fingerprint density at radius 1 is 1.44 bits per heavy atom. The highest BCUT2D eigenvalue weighted by atomic mass is 16.3. The van der Waals surface area contributed by atoms with Crippen LogP contribution in [-0.4, -0.2) is 38.3 Å². The van der Waals surface area contributed by atoms with Crippen molar-refractivity contribution in [2.24, 2.45) is 0 Å². The second kappa shape index (κ2) is 4.35. The summed E-state index contributed by atoms with van der Waals surface area (Å²) in [6, 6.07) is 0. The summed E-state index contributed by atoms with van der Waals surface area (Å²) in [5.74, 6) is 1.13. The third-order valence-electron chi connectivity index (χ3n) is 3.78. The Hall–Kier alpha value is -1.43. The van der Waals surface area contributed by atoms with E-state index in [1.54, 1.807) is 0 Å². The number of amides is 1. The molecule has 0 bridgehead atoms. The summed E-state index contributed by atoms with van der Waals surface area (Å²) in [5.41, 5.74) is -0.731. The second-order valence-corrected chi connectivity index (χ2v) is 5.43. The first-order valence-electron chi connectivity index (χ1n) is 6.59. The maximum Gasteiger partial charge on any atom is 0.291 e. The number of hydrogen-bond acceptors (Lipinski definition) is 4. The zero-order chi connectivity index (χ0) is 12.6. The van der Waals surface area contributed by atoms with Gasteiger partial charge in [-0.1, -0.05) is 12.8 Å². The Morgan fingerprint density at radius 2 is 2.17 bits per heavy atom. The molecule has 98 valence electrons. The van der Waals surface area contributed by atoms with Crippen LogP contribution < -0.4 is 5.32 Å². The summed E-state index contributed by atoms with van der Waals surface area (Å²) < 4.78 is 0. The Kier molecular flexibility index (Phi) is 2.81. The van der Waals surface area contributed by atoms with Gasteiger partial charge in [-0.2, -0.15) is 0 Å². The molecule has 1 heterocycles. The molecule has 0 unspecified atom stereocenters. The molecule has 2 saturated carbocycles. The number of rotatable bonds is 4. The normalized spacial score (nSPS) is 22.1. The number of aliphatic hydroxyl groups is 1. The van der Waals surface area contributed by atoms with E-state index in [-0.39, 0.29) is 11.7 Å². The quantitative estimate of drug-likeness (QED) is 0.734. The van der Waals surface area contributed by atoms with Gasteiger partial charge in [0, 0.05) is 12.5 Å². The van der Waals surface area contributed by atoms with Crippen molar-refractivity contribution in [1.82, 2.24) is 20.5 Å². The van der Waals surface area contributed by atoms with E-state index in [9.17, 15) is 9.90 Å². The van der Waals surface area contributed by atoms with Crippen molar-refractivity contribution in [3.8, 4) is 0 Å². The smallest absolute Gasteiger partial charge is 0.291 e. The van der Waals surface area contributed by atoms with Gasteiger partial charge in [-0.15, -0.1) is 5.10 Å². The summed E-state index contributed by atoms with van der Waals surface area (Å²) >= 11 is 0. The highest BCUT2D eigenvalue weighted by Crippen LogP contribution is 2.37. The lowest BCUT2D eigenvalue weighted by Gasteiger charge is -2.21. The van der Waals surface area contributed by atoms with E-state index in [1.807, 2.05) is 0 Å². The molecule has 0 saturated heterocycles. The van der Waals surface area contributed by atoms with Gasteiger partial charge >= 0.3 is 0 Å². The molecule has 1 amide bonds. The number of hydrogen-bond donors (Lipinski definition) is 3. The van der Waals surface area contributed by atoms with Crippen molar-refractivity contribution in [3.05, 3.63) is 11.6 Å².